The van der Waals surface area contributed by atoms with Crippen LogP contribution in [0.15, 0.2) is 12.3 Å². The average molecular weight is 484 g/mol. The lowest BCUT2D eigenvalue weighted by Crippen LogP contribution is -2.55. The summed E-state index contributed by atoms with van der Waals surface area (Å²) >= 11 is 0. The van der Waals surface area contributed by atoms with Crippen molar-refractivity contribution >= 4 is 0 Å². The summed E-state index contributed by atoms with van der Waals surface area (Å²) in [7, 11) is 6.83. The van der Waals surface area contributed by atoms with E-state index >= 15 is 0 Å². The summed E-state index contributed by atoms with van der Waals surface area (Å²) in [5, 5.41) is 3.86. The molecule has 2 heteroatoms. The smallest absolute Gasteiger partial charge is 0.0797 e. The maximum atomic E-state index is 4.74. The fraction of sp³-hybridized carbons (Fsp3) is 0.938. The average Bonchev–Trinajstić information content (AvgIpc) is 2.84. The molecule has 0 aliphatic heterocycles. The van der Waals surface area contributed by atoms with Crippen molar-refractivity contribution in [3.8, 4) is 0 Å². The lowest BCUT2D eigenvalue weighted by atomic mass is 9.44. The third-order valence-electron chi connectivity index (χ3n) is 9.48. The van der Waals surface area contributed by atoms with Gasteiger partial charge in [0.25, 0.3) is 0 Å². The summed E-state index contributed by atoms with van der Waals surface area (Å²) in [6, 6.07) is 0. The molecule has 0 aromatic heterocycles. The Labute approximate surface area is 219 Å². The minimum Gasteiger partial charge on any atom is -0.388 e. The second-order valence-corrected chi connectivity index (χ2v) is 11.9. The van der Waals surface area contributed by atoms with E-state index in [9.17, 15) is 0 Å². The molecule has 0 rings (SSSR count). The molecule has 1 atom stereocenters. The third-order valence-corrected chi connectivity index (χ3v) is 9.48. The number of nitrogens with one attached hydrogen (secondary N) is 1. The Hall–Kier alpha value is -0.500. The number of hydrogen-bond acceptors (Lipinski definition) is 1. The predicted octanol–water partition coefficient (Wildman–Crippen LogP) is 10.1. The lowest BCUT2D eigenvalue weighted by molar-refractivity contribution is -0.870. The molecule has 0 aromatic carbocycles. The van der Waals surface area contributed by atoms with Crippen LogP contribution >= 0.6 is 0 Å². The molecule has 0 saturated carbocycles. The highest BCUT2D eigenvalue weighted by atomic mass is 15.3. The third kappa shape index (κ3) is 9.51. The largest absolute Gasteiger partial charge is 0.388 e. The molecular weight excluding hydrogens is 412 g/mol. The van der Waals surface area contributed by atoms with Crippen molar-refractivity contribution in [1.29, 1.82) is 0 Å². The van der Waals surface area contributed by atoms with Gasteiger partial charge < -0.3 is 9.80 Å². The first-order valence-corrected chi connectivity index (χ1v) is 14.9. The van der Waals surface area contributed by atoms with Crippen LogP contribution in [-0.2, 0) is 0 Å². The molecule has 0 aromatic rings. The highest BCUT2D eigenvalue weighted by Crippen LogP contribution is 2.65. The van der Waals surface area contributed by atoms with Crippen molar-refractivity contribution in [2.75, 3.05) is 34.2 Å². The van der Waals surface area contributed by atoms with Crippen LogP contribution in [0.1, 0.15) is 141 Å². The van der Waals surface area contributed by atoms with E-state index in [1.165, 1.54) is 63.6 Å². The van der Waals surface area contributed by atoms with Crippen LogP contribution in [0.25, 0.3) is 0 Å². The zero-order valence-corrected chi connectivity index (χ0v) is 27.2. The van der Waals surface area contributed by atoms with Gasteiger partial charge in [0.1, 0.15) is 0 Å². The van der Waals surface area contributed by atoms with E-state index in [1.807, 2.05) is 27.7 Å². The molecule has 2 nitrogen and oxygen atoms in total. The quantitative estimate of drug-likeness (QED) is 0.170. The van der Waals surface area contributed by atoms with Crippen molar-refractivity contribution in [3.05, 3.63) is 12.3 Å². The Kier molecular flexibility index (Phi) is 19.1. The summed E-state index contributed by atoms with van der Waals surface area (Å²) in [6.07, 6.45) is 9.73. The van der Waals surface area contributed by atoms with Gasteiger partial charge in [0.05, 0.1) is 27.7 Å². The molecule has 1 N–H and O–H groups in total. The van der Waals surface area contributed by atoms with E-state index in [4.69, 9.17) is 6.58 Å². The molecule has 0 saturated heterocycles. The first kappa shape index (κ1) is 38.0. The molecule has 0 aliphatic rings. The minimum atomic E-state index is 0.0641. The fourth-order valence-corrected chi connectivity index (χ4v) is 6.38. The van der Waals surface area contributed by atoms with Crippen molar-refractivity contribution < 1.29 is 4.48 Å². The Morgan fingerprint density at radius 1 is 0.706 bits per heavy atom. The van der Waals surface area contributed by atoms with E-state index in [2.05, 4.69) is 88.8 Å². The highest BCUT2D eigenvalue weighted by Gasteiger charge is 2.57. The van der Waals surface area contributed by atoms with Gasteiger partial charge in [0.2, 0.25) is 0 Å². The Morgan fingerprint density at radius 2 is 1.12 bits per heavy atom. The zero-order chi connectivity index (χ0) is 27.9. The van der Waals surface area contributed by atoms with E-state index < -0.39 is 0 Å². The molecule has 0 amide bonds. The van der Waals surface area contributed by atoms with Gasteiger partial charge in [-0.05, 0) is 35.5 Å². The SMILES string of the molecule is C=C(NCCC[N+](C)(C)C)C(C)(CC(C)(CC)CC)C(CC)(CC)C(C)(CC)CC.CC.CC. The van der Waals surface area contributed by atoms with Crippen LogP contribution in [-0.4, -0.2) is 38.7 Å². The molecule has 0 fully saturated rings. The van der Waals surface area contributed by atoms with Crippen molar-refractivity contribution in [1.82, 2.24) is 5.32 Å². The van der Waals surface area contributed by atoms with Gasteiger partial charge in [0, 0.05) is 24.1 Å². The molecule has 0 aliphatic carbocycles. The molecule has 34 heavy (non-hydrogen) atoms. The maximum Gasteiger partial charge on any atom is 0.0797 e. The summed E-state index contributed by atoms with van der Waals surface area (Å²) in [5.74, 6) is 0. The topological polar surface area (TPSA) is 12.0 Å². The van der Waals surface area contributed by atoms with Crippen LogP contribution in [0, 0.1) is 21.7 Å². The van der Waals surface area contributed by atoms with E-state index in [1.54, 1.807) is 0 Å². The number of quaternary nitrogens is 1. The standard InChI is InChI=1S/C28H59N2.2C2H6/c1-14-25(8,15-2)23-27(10,24(7)29-21-20-22-30(11,12)13)28(18-5,19-6)26(9,16-3)17-4;2*1-2/h29H,7,14-23H2,1-6,8-13H3;2*1-2H3/q+1;;. The van der Waals surface area contributed by atoms with Crippen LogP contribution in [0.4, 0.5) is 0 Å². The van der Waals surface area contributed by atoms with Gasteiger partial charge in [-0.25, -0.2) is 0 Å². The predicted molar refractivity (Wildman–Crippen MR) is 160 cm³/mol. The van der Waals surface area contributed by atoms with Gasteiger partial charge in [-0.2, -0.15) is 0 Å². The Balaban J connectivity index is -0.00000227. The molecule has 1 unspecified atom stereocenters. The summed E-state index contributed by atoms with van der Waals surface area (Å²) in [5.41, 5.74) is 2.24. The monoisotopic (exact) mass is 484 g/mol. The fourth-order valence-electron chi connectivity index (χ4n) is 6.38. The summed E-state index contributed by atoms with van der Waals surface area (Å²) < 4.78 is 1.02. The number of rotatable bonds is 16. The molecule has 0 radical (unpaired) electrons. The Morgan fingerprint density at radius 3 is 1.41 bits per heavy atom. The number of hydrogen-bond donors (Lipinski definition) is 1. The van der Waals surface area contributed by atoms with Gasteiger partial charge in [-0.3, -0.25) is 0 Å². The van der Waals surface area contributed by atoms with Crippen LogP contribution in [0.3, 0.4) is 0 Å². The van der Waals surface area contributed by atoms with Gasteiger partial charge in [-0.1, -0.05) is 122 Å². The van der Waals surface area contributed by atoms with Gasteiger partial charge in [0.15, 0.2) is 0 Å². The van der Waals surface area contributed by atoms with Crippen LogP contribution in [0.2, 0.25) is 0 Å². The number of allylic oxidation sites excluding steroid dienone is 1. The van der Waals surface area contributed by atoms with Crippen LogP contribution in [0.5, 0.6) is 0 Å². The van der Waals surface area contributed by atoms with E-state index in [0.717, 1.165) is 11.0 Å². The molecule has 0 heterocycles. The molecule has 0 spiro atoms. The maximum absolute atomic E-state index is 4.74. The van der Waals surface area contributed by atoms with Gasteiger partial charge in [-0.15, -0.1) is 0 Å². The van der Waals surface area contributed by atoms with Crippen molar-refractivity contribution in [2.24, 2.45) is 21.7 Å². The highest BCUT2D eigenvalue weighted by molar-refractivity contribution is 5.19. The van der Waals surface area contributed by atoms with Gasteiger partial charge >= 0.3 is 0 Å². The van der Waals surface area contributed by atoms with E-state index in [0.29, 0.717) is 10.8 Å². The summed E-state index contributed by atoms with van der Waals surface area (Å²) in [6.45, 7) is 37.0. The number of nitrogens with zero attached hydrogens (tertiary/aromatic N) is 1. The van der Waals surface area contributed by atoms with E-state index in [-0.39, 0.29) is 10.8 Å². The molecule has 208 valence electrons. The van der Waals surface area contributed by atoms with Crippen LogP contribution < -0.4 is 5.32 Å². The second-order valence-electron chi connectivity index (χ2n) is 11.9. The first-order chi connectivity index (χ1) is 15.7. The first-order valence-electron chi connectivity index (χ1n) is 14.9. The normalized spacial score (nSPS) is 14.2. The molecular formula is C32H71N2+. The zero-order valence-electron chi connectivity index (χ0n) is 27.2. The minimum absolute atomic E-state index is 0.0641. The Bertz CT molecular complexity index is 502. The lowest BCUT2D eigenvalue weighted by Gasteiger charge is -2.61. The summed E-state index contributed by atoms with van der Waals surface area (Å²) in [4.78, 5) is 0. The second kappa shape index (κ2) is 17.0. The van der Waals surface area contributed by atoms with Crippen molar-refractivity contribution in [3.63, 3.8) is 0 Å². The molecule has 0 bridgehead atoms. The van der Waals surface area contributed by atoms with Crippen molar-refractivity contribution in [2.45, 2.75) is 141 Å².